The molecule has 0 aliphatic carbocycles. The van der Waals surface area contributed by atoms with Gasteiger partial charge in [0.1, 0.15) is 5.82 Å². The molecule has 1 aromatic heterocycles. The van der Waals surface area contributed by atoms with Crippen molar-refractivity contribution in [3.63, 3.8) is 0 Å². The van der Waals surface area contributed by atoms with E-state index in [0.717, 1.165) is 55.8 Å². The fourth-order valence-electron chi connectivity index (χ4n) is 3.93. The maximum atomic E-state index is 12.0. The van der Waals surface area contributed by atoms with Gasteiger partial charge in [-0.1, -0.05) is 25.1 Å². The molecule has 9 heteroatoms. The van der Waals surface area contributed by atoms with E-state index in [0.29, 0.717) is 29.3 Å². The standard InChI is InChI=1S/C25H30N8O/c1-2-5-22(34)29-18-7-3-6-17(14-18)23-21(16-26)24(27)32-25(31-23)30-19-8-4-9-20(15-19)33-12-10-28-11-13-33/h3-4,6-9,14-16,26,28H,2,5,10-13H2,1H3,(H,29,34)(H3,27,30,31,32). The van der Waals surface area contributed by atoms with E-state index in [-0.39, 0.29) is 11.7 Å². The van der Waals surface area contributed by atoms with E-state index in [9.17, 15) is 4.79 Å². The number of nitrogen functional groups attached to an aromatic ring is 1. The van der Waals surface area contributed by atoms with Crippen LogP contribution in [0.1, 0.15) is 25.3 Å². The first kappa shape index (κ1) is 23.2. The minimum atomic E-state index is -0.0409. The number of benzene rings is 2. The summed E-state index contributed by atoms with van der Waals surface area (Å²) in [5, 5.41) is 17.4. The Kier molecular flexibility index (Phi) is 7.34. The van der Waals surface area contributed by atoms with Crippen molar-refractivity contribution in [1.82, 2.24) is 15.3 Å². The van der Waals surface area contributed by atoms with Crippen LogP contribution in [-0.4, -0.2) is 48.3 Å². The van der Waals surface area contributed by atoms with Crippen LogP contribution in [0.5, 0.6) is 0 Å². The highest BCUT2D eigenvalue weighted by Crippen LogP contribution is 2.29. The van der Waals surface area contributed by atoms with Crippen molar-refractivity contribution in [2.24, 2.45) is 0 Å². The molecular weight excluding hydrogens is 428 g/mol. The first-order valence-electron chi connectivity index (χ1n) is 11.5. The van der Waals surface area contributed by atoms with Crippen LogP contribution in [0.3, 0.4) is 0 Å². The third-order valence-corrected chi connectivity index (χ3v) is 5.60. The summed E-state index contributed by atoms with van der Waals surface area (Å²) in [5.41, 5.74) is 10.5. The number of carbonyl (C=O) groups is 1. The molecule has 34 heavy (non-hydrogen) atoms. The van der Waals surface area contributed by atoms with Crippen molar-refractivity contribution in [2.75, 3.05) is 47.4 Å². The number of carbonyl (C=O) groups excluding carboxylic acids is 1. The molecule has 176 valence electrons. The number of anilines is 5. The Labute approximate surface area is 199 Å². The highest BCUT2D eigenvalue weighted by Gasteiger charge is 2.15. The molecule has 1 aliphatic heterocycles. The molecule has 0 radical (unpaired) electrons. The van der Waals surface area contributed by atoms with E-state index in [1.807, 2.05) is 43.3 Å². The van der Waals surface area contributed by atoms with Crippen molar-refractivity contribution < 1.29 is 4.79 Å². The average molecular weight is 459 g/mol. The molecular formula is C25H30N8O. The number of hydrogen-bond donors (Lipinski definition) is 5. The lowest BCUT2D eigenvalue weighted by Crippen LogP contribution is -2.43. The zero-order chi connectivity index (χ0) is 23.9. The van der Waals surface area contributed by atoms with E-state index >= 15 is 0 Å². The fraction of sp³-hybridized carbons (Fsp3) is 0.280. The van der Waals surface area contributed by atoms with Gasteiger partial charge < -0.3 is 32.0 Å². The number of hydrogen-bond acceptors (Lipinski definition) is 8. The highest BCUT2D eigenvalue weighted by molar-refractivity contribution is 5.95. The molecule has 2 heterocycles. The van der Waals surface area contributed by atoms with Gasteiger partial charge in [0.05, 0.1) is 11.3 Å². The summed E-state index contributed by atoms with van der Waals surface area (Å²) >= 11 is 0. The quantitative estimate of drug-likeness (QED) is 0.326. The Morgan fingerprint density at radius 1 is 1.15 bits per heavy atom. The first-order chi connectivity index (χ1) is 16.6. The minimum Gasteiger partial charge on any atom is -0.383 e. The van der Waals surface area contributed by atoms with Gasteiger partial charge in [-0.05, 0) is 36.8 Å². The van der Waals surface area contributed by atoms with Gasteiger partial charge in [-0.15, -0.1) is 0 Å². The van der Waals surface area contributed by atoms with Crippen LogP contribution in [0.15, 0.2) is 48.5 Å². The number of aromatic nitrogens is 2. The van der Waals surface area contributed by atoms with Crippen molar-refractivity contribution in [2.45, 2.75) is 19.8 Å². The molecule has 0 saturated carbocycles. The van der Waals surface area contributed by atoms with Gasteiger partial charge in [0.15, 0.2) is 0 Å². The van der Waals surface area contributed by atoms with Gasteiger partial charge in [-0.2, -0.15) is 4.98 Å². The molecule has 9 nitrogen and oxygen atoms in total. The molecule has 1 amide bonds. The van der Waals surface area contributed by atoms with Crippen LogP contribution in [0.25, 0.3) is 11.3 Å². The smallest absolute Gasteiger partial charge is 0.229 e. The molecule has 0 bridgehead atoms. The maximum Gasteiger partial charge on any atom is 0.229 e. The van der Waals surface area contributed by atoms with Crippen LogP contribution in [0.2, 0.25) is 0 Å². The summed E-state index contributed by atoms with van der Waals surface area (Å²) < 4.78 is 0. The number of nitrogens with two attached hydrogens (primary N) is 1. The topological polar surface area (TPSA) is 132 Å². The lowest BCUT2D eigenvalue weighted by atomic mass is 10.1. The molecule has 6 N–H and O–H groups in total. The van der Waals surface area contributed by atoms with E-state index in [1.165, 1.54) is 0 Å². The number of rotatable bonds is 8. The molecule has 0 spiro atoms. The third kappa shape index (κ3) is 5.49. The summed E-state index contributed by atoms with van der Waals surface area (Å²) in [5.74, 6) is 0.512. The van der Waals surface area contributed by atoms with E-state index in [1.54, 1.807) is 0 Å². The van der Waals surface area contributed by atoms with Gasteiger partial charge in [-0.25, -0.2) is 4.98 Å². The SMILES string of the molecule is CCCC(=O)Nc1cccc(-c2nc(Nc3cccc(N4CCNCC4)c3)nc(N)c2C=N)c1. The molecule has 1 aliphatic rings. The van der Waals surface area contributed by atoms with Crippen molar-refractivity contribution in [3.8, 4) is 11.3 Å². The summed E-state index contributed by atoms with van der Waals surface area (Å²) in [7, 11) is 0. The Morgan fingerprint density at radius 2 is 1.91 bits per heavy atom. The zero-order valence-electron chi connectivity index (χ0n) is 19.3. The van der Waals surface area contributed by atoms with Crippen molar-refractivity contribution in [1.29, 1.82) is 5.41 Å². The second-order valence-electron chi connectivity index (χ2n) is 8.13. The Morgan fingerprint density at radius 3 is 2.68 bits per heavy atom. The predicted molar refractivity (Wildman–Crippen MR) is 138 cm³/mol. The largest absolute Gasteiger partial charge is 0.383 e. The van der Waals surface area contributed by atoms with Crippen LogP contribution in [0.4, 0.5) is 28.8 Å². The summed E-state index contributed by atoms with van der Waals surface area (Å²) in [6, 6.07) is 15.5. The van der Waals surface area contributed by atoms with Gasteiger partial charge in [-0.3, -0.25) is 4.79 Å². The summed E-state index contributed by atoms with van der Waals surface area (Å²) in [6.45, 7) is 5.80. The fourth-order valence-corrected chi connectivity index (χ4v) is 3.93. The number of nitrogens with zero attached hydrogens (tertiary/aromatic N) is 3. The molecule has 0 atom stereocenters. The summed E-state index contributed by atoms with van der Waals surface area (Å²) in [6.07, 6.45) is 2.39. The second-order valence-corrected chi connectivity index (χ2v) is 8.13. The monoisotopic (exact) mass is 458 g/mol. The van der Waals surface area contributed by atoms with Gasteiger partial charge >= 0.3 is 0 Å². The van der Waals surface area contributed by atoms with Gasteiger partial charge in [0.25, 0.3) is 0 Å². The molecule has 1 saturated heterocycles. The van der Waals surface area contributed by atoms with E-state index in [4.69, 9.17) is 11.1 Å². The number of nitrogens with one attached hydrogen (secondary N) is 4. The van der Waals surface area contributed by atoms with Crippen molar-refractivity contribution in [3.05, 3.63) is 54.1 Å². The van der Waals surface area contributed by atoms with Gasteiger partial charge in [0, 0.05) is 61.4 Å². The highest BCUT2D eigenvalue weighted by atomic mass is 16.1. The molecule has 0 unspecified atom stereocenters. The lowest BCUT2D eigenvalue weighted by Gasteiger charge is -2.29. The lowest BCUT2D eigenvalue weighted by molar-refractivity contribution is -0.116. The molecule has 3 aromatic rings. The third-order valence-electron chi connectivity index (χ3n) is 5.60. The Hall–Kier alpha value is -3.98. The molecule has 1 fully saturated rings. The van der Waals surface area contributed by atoms with E-state index in [2.05, 4.69) is 43.0 Å². The maximum absolute atomic E-state index is 12.0. The minimum absolute atomic E-state index is 0.0409. The van der Waals surface area contributed by atoms with Crippen LogP contribution in [0, 0.1) is 5.41 Å². The van der Waals surface area contributed by atoms with Gasteiger partial charge in [0.2, 0.25) is 11.9 Å². The molecule has 2 aromatic carbocycles. The van der Waals surface area contributed by atoms with E-state index < -0.39 is 0 Å². The normalized spacial score (nSPS) is 13.4. The van der Waals surface area contributed by atoms with Crippen LogP contribution in [-0.2, 0) is 4.79 Å². The first-order valence-corrected chi connectivity index (χ1v) is 11.5. The van der Waals surface area contributed by atoms with Crippen LogP contribution < -0.4 is 26.6 Å². The Bertz CT molecular complexity index is 1170. The number of piperazine rings is 1. The zero-order valence-corrected chi connectivity index (χ0v) is 19.3. The summed E-state index contributed by atoms with van der Waals surface area (Å²) in [4.78, 5) is 23.4. The second kappa shape index (κ2) is 10.8. The molecule has 4 rings (SSSR count). The van der Waals surface area contributed by atoms with Crippen LogP contribution >= 0.6 is 0 Å². The predicted octanol–water partition coefficient (Wildman–Crippen LogP) is 3.62. The van der Waals surface area contributed by atoms with Crippen molar-refractivity contribution >= 4 is 41.0 Å². The number of amides is 1. The Balaban J connectivity index is 1.63. The average Bonchev–Trinajstić information content (AvgIpc) is 2.85.